The van der Waals surface area contributed by atoms with E-state index in [9.17, 15) is 0 Å². The first-order valence-electron chi connectivity index (χ1n) is 6.31. The van der Waals surface area contributed by atoms with E-state index in [1.807, 2.05) is 22.7 Å². The molecule has 0 aromatic carbocycles. The highest BCUT2D eigenvalue weighted by molar-refractivity contribution is 9.11. The van der Waals surface area contributed by atoms with Crippen molar-refractivity contribution in [3.05, 3.63) is 42.7 Å². The highest BCUT2D eigenvalue weighted by Gasteiger charge is 2.24. The zero-order valence-electron chi connectivity index (χ0n) is 10.3. The number of hydrogen-bond donors (Lipinski definition) is 1. The maximum Gasteiger partial charge on any atom is 0.0704 e. The van der Waals surface area contributed by atoms with Crippen molar-refractivity contribution in [3.8, 4) is 0 Å². The van der Waals surface area contributed by atoms with Gasteiger partial charge in [0, 0.05) is 21.8 Å². The molecule has 1 nitrogen and oxygen atoms in total. The van der Waals surface area contributed by atoms with E-state index < -0.39 is 0 Å². The van der Waals surface area contributed by atoms with Crippen LogP contribution in [-0.4, -0.2) is 0 Å². The first-order chi connectivity index (χ1) is 8.74. The molecule has 4 heteroatoms. The summed E-state index contributed by atoms with van der Waals surface area (Å²) < 4.78 is 1.27. The molecule has 18 heavy (non-hydrogen) atoms. The molecule has 1 N–H and O–H groups in total. The van der Waals surface area contributed by atoms with Crippen molar-refractivity contribution in [1.82, 2.24) is 5.32 Å². The van der Waals surface area contributed by atoms with Gasteiger partial charge in [0.1, 0.15) is 0 Å². The molecule has 96 valence electrons. The van der Waals surface area contributed by atoms with Crippen LogP contribution in [0.1, 0.15) is 47.2 Å². The quantitative estimate of drug-likeness (QED) is 0.798. The molecule has 0 radical (unpaired) electrons. The number of rotatable bonds is 3. The lowest BCUT2D eigenvalue weighted by Gasteiger charge is -2.26. The standard InChI is InChI=1S/C14H16BrNS2/c1-9(12-6-3-7-17-12)16-11-4-2-5-13-10(11)8-14(15)18-13/h3,6-9,11,16H,2,4-5H2,1H3/t9-,11?/m0/s1. The Morgan fingerprint density at radius 1 is 1.50 bits per heavy atom. The SMILES string of the molecule is C[C@H](NC1CCCc2sc(Br)cc21)c1cccs1. The smallest absolute Gasteiger partial charge is 0.0704 e. The van der Waals surface area contributed by atoms with Crippen LogP contribution in [0.4, 0.5) is 0 Å². The molecule has 0 spiro atoms. The Kier molecular flexibility index (Phi) is 3.89. The number of aryl methyl sites for hydroxylation is 1. The molecule has 0 saturated heterocycles. The van der Waals surface area contributed by atoms with Crippen LogP contribution in [0.2, 0.25) is 0 Å². The first kappa shape index (κ1) is 12.9. The molecule has 2 heterocycles. The minimum absolute atomic E-state index is 0.444. The average Bonchev–Trinajstić information content (AvgIpc) is 2.96. The maximum atomic E-state index is 3.79. The Morgan fingerprint density at radius 2 is 2.39 bits per heavy atom. The van der Waals surface area contributed by atoms with E-state index in [1.165, 1.54) is 33.5 Å². The Morgan fingerprint density at radius 3 is 3.17 bits per heavy atom. The molecule has 0 saturated carbocycles. The van der Waals surface area contributed by atoms with Gasteiger partial charge >= 0.3 is 0 Å². The predicted molar refractivity (Wildman–Crippen MR) is 83.6 cm³/mol. The molecular formula is C14H16BrNS2. The van der Waals surface area contributed by atoms with Gasteiger partial charge < -0.3 is 5.32 Å². The van der Waals surface area contributed by atoms with Crippen LogP contribution in [0.5, 0.6) is 0 Å². The normalized spacial score (nSPS) is 20.7. The Labute approximate surface area is 124 Å². The van der Waals surface area contributed by atoms with Crippen LogP contribution >= 0.6 is 38.6 Å². The van der Waals surface area contributed by atoms with Crippen molar-refractivity contribution in [2.24, 2.45) is 0 Å². The molecular weight excluding hydrogens is 326 g/mol. The third-order valence-corrected chi connectivity index (χ3v) is 6.27. The van der Waals surface area contributed by atoms with Gasteiger partial charge in [-0.3, -0.25) is 0 Å². The second-order valence-electron chi connectivity index (χ2n) is 4.78. The molecule has 1 aliphatic rings. The van der Waals surface area contributed by atoms with Crippen molar-refractivity contribution >= 4 is 38.6 Å². The zero-order valence-corrected chi connectivity index (χ0v) is 13.5. The fourth-order valence-corrected chi connectivity index (χ4v) is 5.18. The van der Waals surface area contributed by atoms with E-state index in [0.717, 1.165) is 0 Å². The lowest BCUT2D eigenvalue weighted by molar-refractivity contribution is 0.421. The predicted octanol–water partition coefficient (Wildman–Crippen LogP) is 5.30. The number of halogens is 1. The molecule has 0 aliphatic heterocycles. The van der Waals surface area contributed by atoms with Gasteiger partial charge in [-0.15, -0.1) is 22.7 Å². The van der Waals surface area contributed by atoms with Gasteiger partial charge in [0.2, 0.25) is 0 Å². The van der Waals surface area contributed by atoms with Gasteiger partial charge in [-0.1, -0.05) is 6.07 Å². The summed E-state index contributed by atoms with van der Waals surface area (Å²) in [4.78, 5) is 2.99. The fourth-order valence-electron chi connectivity index (χ4n) is 2.62. The van der Waals surface area contributed by atoms with Crippen molar-refractivity contribution in [3.63, 3.8) is 0 Å². The van der Waals surface area contributed by atoms with Crippen LogP contribution in [0, 0.1) is 0 Å². The average molecular weight is 342 g/mol. The van der Waals surface area contributed by atoms with E-state index in [-0.39, 0.29) is 0 Å². The highest BCUT2D eigenvalue weighted by atomic mass is 79.9. The summed E-state index contributed by atoms with van der Waals surface area (Å²) in [6.45, 7) is 2.27. The summed E-state index contributed by atoms with van der Waals surface area (Å²) in [7, 11) is 0. The van der Waals surface area contributed by atoms with Crippen LogP contribution in [-0.2, 0) is 6.42 Å². The highest BCUT2D eigenvalue weighted by Crippen LogP contribution is 2.39. The lowest BCUT2D eigenvalue weighted by Crippen LogP contribution is -2.26. The molecule has 2 atom stereocenters. The van der Waals surface area contributed by atoms with Crippen LogP contribution in [0.3, 0.4) is 0 Å². The summed E-state index contributed by atoms with van der Waals surface area (Å²) in [6.07, 6.45) is 3.80. The van der Waals surface area contributed by atoms with Gasteiger partial charge in [-0.2, -0.15) is 0 Å². The minimum atomic E-state index is 0.444. The maximum absolute atomic E-state index is 3.79. The number of fused-ring (bicyclic) bond motifs is 1. The second-order valence-corrected chi connectivity index (χ2v) is 8.27. The number of thiophene rings is 2. The monoisotopic (exact) mass is 341 g/mol. The molecule has 0 bridgehead atoms. The van der Waals surface area contributed by atoms with Crippen molar-refractivity contribution in [2.45, 2.75) is 38.3 Å². The molecule has 2 aromatic rings. The minimum Gasteiger partial charge on any atom is -0.303 e. The van der Waals surface area contributed by atoms with E-state index in [1.54, 1.807) is 4.88 Å². The number of hydrogen-bond acceptors (Lipinski definition) is 3. The number of nitrogens with one attached hydrogen (secondary N) is 1. The van der Waals surface area contributed by atoms with Gasteiger partial charge in [-0.25, -0.2) is 0 Å². The van der Waals surface area contributed by atoms with Crippen molar-refractivity contribution < 1.29 is 0 Å². The van der Waals surface area contributed by atoms with Crippen LogP contribution < -0.4 is 5.32 Å². The topological polar surface area (TPSA) is 12.0 Å². The summed E-state index contributed by atoms with van der Waals surface area (Å²) in [5.74, 6) is 0. The molecule has 1 unspecified atom stereocenters. The molecule has 1 aliphatic carbocycles. The summed E-state index contributed by atoms with van der Waals surface area (Å²) in [5, 5.41) is 5.94. The van der Waals surface area contributed by atoms with Gasteiger partial charge in [0.25, 0.3) is 0 Å². The van der Waals surface area contributed by atoms with E-state index in [4.69, 9.17) is 0 Å². The van der Waals surface area contributed by atoms with E-state index in [2.05, 4.69) is 51.7 Å². The van der Waals surface area contributed by atoms with Gasteiger partial charge in [0.15, 0.2) is 0 Å². The van der Waals surface area contributed by atoms with Crippen molar-refractivity contribution in [2.75, 3.05) is 0 Å². The van der Waals surface area contributed by atoms with E-state index in [0.29, 0.717) is 12.1 Å². The second kappa shape index (κ2) is 5.45. The Hall–Kier alpha value is -0.160. The van der Waals surface area contributed by atoms with E-state index >= 15 is 0 Å². The van der Waals surface area contributed by atoms with Crippen LogP contribution in [0.25, 0.3) is 0 Å². The lowest BCUT2D eigenvalue weighted by atomic mass is 9.93. The third-order valence-electron chi connectivity index (χ3n) is 3.50. The van der Waals surface area contributed by atoms with Gasteiger partial charge in [0.05, 0.1) is 3.79 Å². The summed E-state index contributed by atoms with van der Waals surface area (Å²) >= 11 is 7.35. The summed E-state index contributed by atoms with van der Waals surface area (Å²) in [5.41, 5.74) is 1.52. The molecule has 3 rings (SSSR count). The summed E-state index contributed by atoms with van der Waals surface area (Å²) in [6, 6.07) is 7.62. The van der Waals surface area contributed by atoms with Crippen molar-refractivity contribution in [1.29, 1.82) is 0 Å². The zero-order chi connectivity index (χ0) is 12.5. The van der Waals surface area contributed by atoms with Gasteiger partial charge in [-0.05, 0) is 65.2 Å². The Balaban J connectivity index is 1.78. The fraction of sp³-hybridized carbons (Fsp3) is 0.429. The molecule has 0 fully saturated rings. The molecule has 0 amide bonds. The third kappa shape index (κ3) is 2.57. The van der Waals surface area contributed by atoms with Crippen LogP contribution in [0.15, 0.2) is 27.4 Å². The first-order valence-corrected chi connectivity index (χ1v) is 8.80. The molecule has 2 aromatic heterocycles. The largest absolute Gasteiger partial charge is 0.303 e. The Bertz CT molecular complexity index is 518.